The summed E-state index contributed by atoms with van der Waals surface area (Å²) in [6, 6.07) is 9.62. The number of ether oxygens (including phenoxy) is 4. The van der Waals surface area contributed by atoms with Gasteiger partial charge in [-0.2, -0.15) is 0 Å². The fourth-order valence-corrected chi connectivity index (χ4v) is 8.36. The average Bonchev–Trinajstić information content (AvgIpc) is 3.29. The van der Waals surface area contributed by atoms with Crippen molar-refractivity contribution in [3.05, 3.63) is 70.8 Å². The molecule has 0 N–H and O–H groups in total. The molecule has 388 valence electrons. The number of hydrogen-bond donors (Lipinski definition) is 0. The minimum atomic E-state index is -1.48. The highest BCUT2D eigenvalue weighted by Crippen LogP contribution is 2.24. The van der Waals surface area contributed by atoms with Crippen molar-refractivity contribution < 1.29 is 57.3 Å². The van der Waals surface area contributed by atoms with E-state index in [1.807, 2.05) is 93.5 Å². The first-order valence-electron chi connectivity index (χ1n) is 24.6. The van der Waals surface area contributed by atoms with E-state index in [1.165, 1.54) is 42.0 Å². The summed E-state index contributed by atoms with van der Waals surface area (Å²) >= 11 is 0. The molecule has 1 aliphatic rings. The summed E-state index contributed by atoms with van der Waals surface area (Å²) in [5, 5.41) is 0. The molecule has 1 fully saturated rings. The maximum Gasteiger partial charge on any atom is 0.329 e. The van der Waals surface area contributed by atoms with Crippen LogP contribution in [0.5, 0.6) is 0 Å². The molecule has 0 bridgehead atoms. The number of amides is 4. The summed E-state index contributed by atoms with van der Waals surface area (Å²) in [6.07, 6.45) is -5.58. The molecular weight excluding hydrogens is 897 g/mol. The number of esters is 4. The van der Waals surface area contributed by atoms with Crippen molar-refractivity contribution in [2.45, 2.75) is 170 Å². The van der Waals surface area contributed by atoms with Gasteiger partial charge in [-0.15, -0.1) is 0 Å². The molecule has 0 radical (unpaired) electrons. The second-order valence-electron chi connectivity index (χ2n) is 20.8. The molecule has 3 rings (SSSR count). The van der Waals surface area contributed by atoms with Crippen LogP contribution in [0, 0.1) is 37.5 Å². The second-order valence-corrected chi connectivity index (χ2v) is 20.8. The molecule has 1 aliphatic heterocycles. The van der Waals surface area contributed by atoms with Crippen LogP contribution in [0.1, 0.15) is 117 Å². The van der Waals surface area contributed by atoms with Gasteiger partial charge >= 0.3 is 23.9 Å². The lowest BCUT2D eigenvalue weighted by atomic mass is 9.99. The molecule has 0 unspecified atom stereocenters. The third-order valence-corrected chi connectivity index (χ3v) is 12.6. The van der Waals surface area contributed by atoms with Gasteiger partial charge in [0.1, 0.15) is 24.2 Å². The molecule has 1 heterocycles. The van der Waals surface area contributed by atoms with E-state index in [4.69, 9.17) is 18.9 Å². The van der Waals surface area contributed by atoms with Gasteiger partial charge in [0.25, 0.3) is 23.6 Å². The quantitative estimate of drug-likeness (QED) is 0.172. The third kappa shape index (κ3) is 16.7. The summed E-state index contributed by atoms with van der Waals surface area (Å²) in [5.41, 5.74) is 3.23. The van der Waals surface area contributed by atoms with E-state index >= 15 is 0 Å². The van der Waals surface area contributed by atoms with Gasteiger partial charge in [-0.3, -0.25) is 19.2 Å². The van der Waals surface area contributed by atoms with Crippen molar-refractivity contribution in [2.75, 3.05) is 28.2 Å². The first kappa shape index (κ1) is 58.5. The van der Waals surface area contributed by atoms with E-state index in [1.54, 1.807) is 24.3 Å². The number of cyclic esters (lactones) is 4. The predicted molar refractivity (Wildman–Crippen MR) is 265 cm³/mol. The van der Waals surface area contributed by atoms with Gasteiger partial charge in [0, 0.05) is 41.0 Å². The zero-order chi connectivity index (χ0) is 52.9. The van der Waals surface area contributed by atoms with Crippen LogP contribution >= 0.6 is 0 Å². The number of carbonyl (C=O) groups is 8. The number of nitrogens with zero attached hydrogens (tertiary/aromatic N) is 4. The highest BCUT2D eigenvalue weighted by atomic mass is 16.6. The van der Waals surface area contributed by atoms with Gasteiger partial charge in [0.15, 0.2) is 24.4 Å². The summed E-state index contributed by atoms with van der Waals surface area (Å²) in [4.78, 5) is 120. The van der Waals surface area contributed by atoms with Gasteiger partial charge in [0.05, 0.1) is 0 Å². The molecule has 70 heavy (non-hydrogen) atoms. The van der Waals surface area contributed by atoms with Crippen LogP contribution in [0.25, 0.3) is 0 Å². The Bertz CT molecular complexity index is 1960. The van der Waals surface area contributed by atoms with Crippen molar-refractivity contribution >= 4 is 47.5 Å². The number of likely N-dealkylation sites (N-methyl/N-ethyl adjacent to an activating group) is 4. The van der Waals surface area contributed by atoms with Crippen LogP contribution in [-0.2, 0) is 70.1 Å². The fourth-order valence-electron chi connectivity index (χ4n) is 8.36. The summed E-state index contributed by atoms with van der Waals surface area (Å²) < 4.78 is 23.9. The van der Waals surface area contributed by atoms with Crippen LogP contribution in [0.4, 0.5) is 0 Å². The molecule has 0 spiro atoms. The van der Waals surface area contributed by atoms with E-state index in [9.17, 15) is 38.4 Å². The first-order chi connectivity index (χ1) is 32.6. The third-order valence-electron chi connectivity index (χ3n) is 12.6. The standard InChI is InChI=1S/C54H80N4O12/c1-31(2)25-41-51(63)67-37(11)47(59)55(13)44(28-34(7)8)54(66)70-46(30-40-23-19-36(10)20-24-40)50(62)58(16)42(26-32(3)4)52(64)68-38(12)48(60)56(14)43(27-33(5)6)53(65)69-45(49(61)57(41)15)29-39-21-17-35(9)18-22-39/h17-24,31-34,37-38,41-46H,25-30H2,1-16H3/t37-,38-,41+,42+,43+,44+,45-,46-/m0/s1. The topological polar surface area (TPSA) is 186 Å². The zero-order valence-electron chi connectivity index (χ0n) is 44.5. The average molecular weight is 977 g/mol. The first-order valence-corrected chi connectivity index (χ1v) is 24.6. The Balaban J connectivity index is 2.26. The molecule has 2 aromatic rings. The van der Waals surface area contributed by atoms with Gasteiger partial charge < -0.3 is 38.5 Å². The van der Waals surface area contributed by atoms with E-state index in [0.29, 0.717) is 11.1 Å². The lowest BCUT2D eigenvalue weighted by molar-refractivity contribution is -0.176. The van der Waals surface area contributed by atoms with Crippen molar-refractivity contribution in [2.24, 2.45) is 23.7 Å². The van der Waals surface area contributed by atoms with Crippen molar-refractivity contribution in [1.82, 2.24) is 19.6 Å². The van der Waals surface area contributed by atoms with Crippen LogP contribution in [0.15, 0.2) is 48.5 Å². The molecule has 8 atom stereocenters. The Hall–Kier alpha value is -5.80. The number of aryl methyl sites for hydroxylation is 2. The van der Waals surface area contributed by atoms with E-state index < -0.39 is 96.1 Å². The minimum Gasteiger partial charge on any atom is -0.451 e. The Morgan fingerprint density at radius 2 is 0.614 bits per heavy atom. The van der Waals surface area contributed by atoms with Crippen molar-refractivity contribution in [3.63, 3.8) is 0 Å². The molecular formula is C54H80N4O12. The maximum absolute atomic E-state index is 14.7. The van der Waals surface area contributed by atoms with Crippen LogP contribution < -0.4 is 0 Å². The number of benzene rings is 2. The number of rotatable bonds is 12. The SMILES string of the molecule is Cc1ccc(C[C@@H]2OC(=O)[C@@H](CC(C)C)N(C)C(=O)[C@H](C)OC(=O)[C@@H](CC(C)C)N(C)C(=O)[C@H](Cc3ccc(C)cc3)OC(=O)[C@@H](CC(C)C)N(C)C(=O)[C@H](C)OC(=O)[C@@H](CC(C)C)N(C)C2=O)cc1. The minimum absolute atomic E-state index is 0.0823. The van der Waals surface area contributed by atoms with E-state index in [0.717, 1.165) is 30.7 Å². The van der Waals surface area contributed by atoms with Gasteiger partial charge in [0.2, 0.25) is 0 Å². The molecule has 16 nitrogen and oxygen atoms in total. The highest BCUT2D eigenvalue weighted by Gasteiger charge is 2.43. The summed E-state index contributed by atoms with van der Waals surface area (Å²) in [6.45, 7) is 21.4. The lowest BCUT2D eigenvalue weighted by Crippen LogP contribution is -2.55. The Morgan fingerprint density at radius 3 is 0.857 bits per heavy atom. The fraction of sp³-hybridized carbons (Fsp3) is 0.630. The Morgan fingerprint density at radius 1 is 0.386 bits per heavy atom. The smallest absolute Gasteiger partial charge is 0.329 e. The van der Waals surface area contributed by atoms with Crippen LogP contribution in [0.2, 0.25) is 0 Å². The summed E-state index contributed by atoms with van der Waals surface area (Å²) in [5.74, 6) is -7.13. The summed E-state index contributed by atoms with van der Waals surface area (Å²) in [7, 11) is 5.58. The molecule has 1 saturated heterocycles. The van der Waals surface area contributed by atoms with Crippen molar-refractivity contribution in [1.29, 1.82) is 0 Å². The Labute approximate surface area is 416 Å². The largest absolute Gasteiger partial charge is 0.451 e. The lowest BCUT2D eigenvalue weighted by Gasteiger charge is -2.35. The maximum atomic E-state index is 14.7. The van der Waals surface area contributed by atoms with Crippen LogP contribution in [-0.4, -0.2) is 144 Å². The molecule has 4 amide bonds. The van der Waals surface area contributed by atoms with E-state index in [2.05, 4.69) is 0 Å². The predicted octanol–water partition coefficient (Wildman–Crippen LogP) is 6.28. The zero-order valence-corrected chi connectivity index (χ0v) is 44.5. The number of carbonyl (C=O) groups excluding carboxylic acids is 8. The molecule has 0 aliphatic carbocycles. The van der Waals surface area contributed by atoms with E-state index in [-0.39, 0.29) is 62.2 Å². The molecule has 0 saturated carbocycles. The van der Waals surface area contributed by atoms with Gasteiger partial charge in [-0.25, -0.2) is 19.2 Å². The van der Waals surface area contributed by atoms with Gasteiger partial charge in [-0.05, 0) is 88.2 Å². The molecule has 16 heteroatoms. The highest BCUT2D eigenvalue weighted by molar-refractivity contribution is 5.94. The monoisotopic (exact) mass is 977 g/mol. The number of hydrogen-bond acceptors (Lipinski definition) is 12. The Kier molecular flexibility index (Phi) is 22.1. The van der Waals surface area contributed by atoms with Gasteiger partial charge in [-0.1, -0.05) is 115 Å². The molecule has 0 aromatic heterocycles. The van der Waals surface area contributed by atoms with Crippen molar-refractivity contribution in [3.8, 4) is 0 Å². The van der Waals surface area contributed by atoms with Crippen LogP contribution in [0.3, 0.4) is 0 Å². The second kappa shape index (κ2) is 26.4. The normalized spacial score (nSPS) is 24.9. The molecule has 2 aromatic carbocycles.